The monoisotopic (exact) mass is 424 g/mol. The molecule has 0 spiro atoms. The van der Waals surface area contributed by atoms with E-state index in [4.69, 9.17) is 0 Å². The van der Waals surface area contributed by atoms with Crippen LogP contribution in [0.3, 0.4) is 0 Å². The quantitative estimate of drug-likeness (QED) is 0.744. The number of hydrogen-bond acceptors (Lipinski definition) is 3. The van der Waals surface area contributed by atoms with E-state index in [-0.39, 0.29) is 0 Å². The van der Waals surface area contributed by atoms with Crippen molar-refractivity contribution in [1.29, 1.82) is 0 Å². The first kappa shape index (κ1) is 16.4. The Hall–Kier alpha value is 0.0500. The van der Waals surface area contributed by atoms with E-state index in [1.807, 2.05) is 13.1 Å². The highest BCUT2D eigenvalue weighted by Gasteiger charge is 2.29. The van der Waals surface area contributed by atoms with E-state index in [2.05, 4.69) is 36.8 Å². The number of nitrogens with zero attached hydrogens (tertiary/aromatic N) is 2. The van der Waals surface area contributed by atoms with Gasteiger partial charge in [-0.3, -0.25) is 0 Å². The maximum Gasteiger partial charge on any atom is 0.244 e. The van der Waals surface area contributed by atoms with Crippen molar-refractivity contribution in [3.05, 3.63) is 27.1 Å². The first-order valence-corrected chi connectivity index (χ1v) is 9.46. The zero-order valence-electron chi connectivity index (χ0n) is 11.5. The van der Waals surface area contributed by atoms with Crippen molar-refractivity contribution in [3.63, 3.8) is 0 Å². The number of hydrogen-bond donors (Lipinski definition) is 0. The Balaban J connectivity index is 2.23. The second-order valence-electron chi connectivity index (χ2n) is 5.14. The first-order valence-electron chi connectivity index (χ1n) is 6.44. The van der Waals surface area contributed by atoms with E-state index in [9.17, 15) is 8.42 Å². The van der Waals surface area contributed by atoms with E-state index < -0.39 is 10.0 Å². The minimum Gasteiger partial charge on any atom is -0.302 e. The van der Waals surface area contributed by atoms with Gasteiger partial charge >= 0.3 is 0 Å². The Morgan fingerprint density at radius 3 is 2.70 bits per heavy atom. The molecule has 0 bridgehead atoms. The van der Waals surface area contributed by atoms with Gasteiger partial charge in [0.15, 0.2) is 0 Å². The van der Waals surface area contributed by atoms with Crippen molar-refractivity contribution in [1.82, 2.24) is 9.21 Å². The van der Waals surface area contributed by atoms with Gasteiger partial charge in [0.1, 0.15) is 0 Å². The van der Waals surface area contributed by atoms with Crippen LogP contribution in [0.1, 0.15) is 12.8 Å². The van der Waals surface area contributed by atoms with Gasteiger partial charge in [0.25, 0.3) is 0 Å². The van der Waals surface area contributed by atoms with Crippen LogP contribution in [0.15, 0.2) is 32.0 Å². The fourth-order valence-corrected chi connectivity index (χ4v) is 5.12. The highest BCUT2D eigenvalue weighted by atomic mass is 79.9. The molecular weight excluding hydrogens is 408 g/mol. The van der Waals surface area contributed by atoms with Crippen LogP contribution >= 0.6 is 31.9 Å². The predicted octanol–water partition coefficient (Wildman–Crippen LogP) is 2.93. The van der Waals surface area contributed by atoms with Crippen molar-refractivity contribution >= 4 is 41.9 Å². The van der Waals surface area contributed by atoms with Gasteiger partial charge in [-0.25, -0.2) is 8.42 Å². The molecule has 1 unspecified atom stereocenters. The molecule has 4 nitrogen and oxygen atoms in total. The Kier molecular flexibility index (Phi) is 5.29. The lowest BCUT2D eigenvalue weighted by Crippen LogP contribution is -2.39. The molecule has 0 amide bonds. The molecule has 0 aliphatic carbocycles. The minimum atomic E-state index is -3.47. The van der Waals surface area contributed by atoms with Crippen molar-refractivity contribution in [2.45, 2.75) is 23.8 Å². The molecule has 0 radical (unpaired) electrons. The Morgan fingerprint density at radius 1 is 1.40 bits per heavy atom. The summed E-state index contributed by atoms with van der Waals surface area (Å²) in [6.07, 6.45) is 2.19. The third kappa shape index (κ3) is 3.44. The lowest BCUT2D eigenvalue weighted by atomic mass is 10.2. The normalized spacial score (nSPS) is 20.8. The van der Waals surface area contributed by atoms with Crippen LogP contribution < -0.4 is 0 Å². The molecule has 1 aromatic rings. The van der Waals surface area contributed by atoms with Crippen LogP contribution in [0.4, 0.5) is 0 Å². The third-order valence-electron chi connectivity index (χ3n) is 3.72. The van der Waals surface area contributed by atoms with Crippen molar-refractivity contribution < 1.29 is 8.42 Å². The molecular formula is C13H18Br2N2O2S. The van der Waals surface area contributed by atoms with Gasteiger partial charge < -0.3 is 4.90 Å². The Labute approximate surface area is 137 Å². The van der Waals surface area contributed by atoms with Crippen LogP contribution in [0.2, 0.25) is 0 Å². The highest BCUT2D eigenvalue weighted by molar-refractivity contribution is 9.11. The summed E-state index contributed by atoms with van der Waals surface area (Å²) in [5, 5.41) is 0. The maximum absolute atomic E-state index is 12.7. The summed E-state index contributed by atoms with van der Waals surface area (Å²) in [4.78, 5) is 2.53. The summed E-state index contributed by atoms with van der Waals surface area (Å²) >= 11 is 6.65. The standard InChI is InChI=1S/C13H18Br2N2O2S/c1-16-7-3-4-11(16)9-17(2)20(18,19)13-8-10(14)5-6-12(13)15/h5-6,8,11H,3-4,7,9H2,1-2H3. The van der Waals surface area contributed by atoms with Crippen LogP contribution in [0.25, 0.3) is 0 Å². The molecule has 1 aliphatic rings. The van der Waals surface area contributed by atoms with E-state index in [1.165, 1.54) is 4.31 Å². The van der Waals surface area contributed by atoms with Crippen LogP contribution in [0.5, 0.6) is 0 Å². The van der Waals surface area contributed by atoms with Crippen molar-refractivity contribution in [2.24, 2.45) is 0 Å². The SMILES string of the molecule is CN1CCCC1CN(C)S(=O)(=O)c1cc(Br)ccc1Br. The van der Waals surface area contributed by atoms with Gasteiger partial charge in [0, 0.05) is 28.6 Å². The number of halogens is 2. The number of sulfonamides is 1. The molecule has 1 saturated heterocycles. The molecule has 1 heterocycles. The fraction of sp³-hybridized carbons (Fsp3) is 0.538. The number of rotatable bonds is 4. The topological polar surface area (TPSA) is 40.6 Å². The molecule has 112 valence electrons. The summed E-state index contributed by atoms with van der Waals surface area (Å²) < 4.78 is 28.1. The second-order valence-corrected chi connectivity index (χ2v) is 8.92. The van der Waals surface area contributed by atoms with Crippen LogP contribution in [0, 0.1) is 0 Å². The van der Waals surface area contributed by atoms with Crippen LogP contribution in [-0.4, -0.2) is 50.8 Å². The van der Waals surface area contributed by atoms with E-state index in [0.717, 1.165) is 23.9 Å². The van der Waals surface area contributed by atoms with Gasteiger partial charge in [-0.2, -0.15) is 4.31 Å². The summed E-state index contributed by atoms with van der Waals surface area (Å²) in [6, 6.07) is 5.50. The molecule has 1 atom stereocenters. The van der Waals surface area contributed by atoms with Gasteiger partial charge in [-0.15, -0.1) is 0 Å². The van der Waals surface area contributed by atoms with E-state index in [0.29, 0.717) is 22.0 Å². The summed E-state index contributed by atoms with van der Waals surface area (Å²) in [7, 11) is 0.223. The van der Waals surface area contributed by atoms with E-state index in [1.54, 1.807) is 19.2 Å². The fourth-order valence-electron chi connectivity index (χ4n) is 2.45. The molecule has 1 fully saturated rings. The summed E-state index contributed by atoms with van der Waals surface area (Å²) in [5.74, 6) is 0. The first-order chi connectivity index (χ1) is 9.32. The van der Waals surface area contributed by atoms with E-state index >= 15 is 0 Å². The molecule has 1 aliphatic heterocycles. The van der Waals surface area contributed by atoms with Gasteiger partial charge in [0.05, 0.1) is 4.90 Å². The molecule has 0 aromatic heterocycles. The highest BCUT2D eigenvalue weighted by Crippen LogP contribution is 2.28. The van der Waals surface area contributed by atoms with Gasteiger partial charge in [-0.05, 0) is 60.6 Å². The average molecular weight is 426 g/mol. The molecule has 1 aromatic carbocycles. The lowest BCUT2D eigenvalue weighted by molar-refractivity contribution is 0.271. The number of likely N-dealkylation sites (N-methyl/N-ethyl adjacent to an activating group) is 2. The average Bonchev–Trinajstić information content (AvgIpc) is 2.78. The second kappa shape index (κ2) is 6.44. The zero-order valence-corrected chi connectivity index (χ0v) is 15.5. The number of benzene rings is 1. The maximum atomic E-state index is 12.7. The molecule has 20 heavy (non-hydrogen) atoms. The van der Waals surface area contributed by atoms with Crippen LogP contribution in [-0.2, 0) is 10.0 Å². The molecule has 7 heteroatoms. The van der Waals surface area contributed by atoms with Crippen molar-refractivity contribution in [2.75, 3.05) is 27.2 Å². The van der Waals surface area contributed by atoms with Gasteiger partial charge in [0.2, 0.25) is 10.0 Å². The lowest BCUT2D eigenvalue weighted by Gasteiger charge is -2.25. The number of likely N-dealkylation sites (tertiary alicyclic amines) is 1. The molecule has 0 N–H and O–H groups in total. The summed E-state index contributed by atoms with van der Waals surface area (Å²) in [5.41, 5.74) is 0. The third-order valence-corrected chi connectivity index (χ3v) is 7.03. The molecule has 2 rings (SSSR count). The zero-order chi connectivity index (χ0) is 14.9. The smallest absolute Gasteiger partial charge is 0.244 e. The Morgan fingerprint density at radius 2 is 2.10 bits per heavy atom. The molecule has 0 saturated carbocycles. The van der Waals surface area contributed by atoms with Crippen molar-refractivity contribution in [3.8, 4) is 0 Å². The largest absolute Gasteiger partial charge is 0.302 e. The minimum absolute atomic E-state index is 0.301. The Bertz CT molecular complexity index is 592. The summed E-state index contributed by atoms with van der Waals surface area (Å²) in [6.45, 7) is 1.57. The predicted molar refractivity (Wildman–Crippen MR) is 87.3 cm³/mol. The van der Waals surface area contributed by atoms with Gasteiger partial charge in [-0.1, -0.05) is 15.9 Å².